The van der Waals surface area contributed by atoms with Gasteiger partial charge in [0.1, 0.15) is 30.5 Å². The predicted molar refractivity (Wildman–Crippen MR) is 237 cm³/mol. The second kappa shape index (κ2) is 39.3. The quantitative estimate of drug-likeness (QED) is 0.0280. The Morgan fingerprint density at radius 2 is 1.00 bits per heavy atom. The summed E-state index contributed by atoms with van der Waals surface area (Å²) in [6.07, 6.45) is 48.4. The average Bonchev–Trinajstić information content (AvgIpc) is 3.22. The third-order valence-corrected chi connectivity index (χ3v) is 9.18. The molecule has 1 fully saturated rings. The lowest BCUT2D eigenvalue weighted by atomic mass is 9.99. The van der Waals surface area contributed by atoms with Gasteiger partial charge in [-0.3, -0.25) is 4.79 Å². The fraction of sp³-hybridized carbons (Fsp3) is 0.612. The van der Waals surface area contributed by atoms with Crippen LogP contribution in [0.3, 0.4) is 0 Å². The Hall–Kier alpha value is -3.15. The smallest absolute Gasteiger partial charge is 0.306 e. The lowest BCUT2D eigenvalue weighted by molar-refractivity contribution is -0.305. The summed E-state index contributed by atoms with van der Waals surface area (Å²) < 4.78 is 22.7. The van der Waals surface area contributed by atoms with E-state index in [0.717, 1.165) is 109 Å². The van der Waals surface area contributed by atoms with E-state index in [1.165, 1.54) is 0 Å². The topological polar surface area (TPSA) is 135 Å². The summed E-state index contributed by atoms with van der Waals surface area (Å²) in [6, 6.07) is 0. The Morgan fingerprint density at radius 1 is 0.552 bits per heavy atom. The van der Waals surface area contributed by atoms with Crippen LogP contribution in [0.15, 0.2) is 109 Å². The maximum Gasteiger partial charge on any atom is 0.306 e. The molecule has 0 aromatic rings. The number of allylic oxidation sites excluding steroid dienone is 18. The number of unbranched alkanes of at least 4 members (excludes halogenated alkanes) is 6. The first-order chi connectivity index (χ1) is 28.4. The Morgan fingerprint density at radius 3 is 1.50 bits per heavy atom. The summed E-state index contributed by atoms with van der Waals surface area (Å²) in [6.45, 7) is 4.12. The molecule has 0 saturated carbocycles. The fourth-order valence-electron chi connectivity index (χ4n) is 5.81. The summed E-state index contributed by atoms with van der Waals surface area (Å²) in [4.78, 5) is 12.8. The molecule has 0 bridgehead atoms. The van der Waals surface area contributed by atoms with E-state index in [-0.39, 0.29) is 25.6 Å². The number of esters is 1. The van der Waals surface area contributed by atoms with Gasteiger partial charge in [0.05, 0.1) is 19.8 Å². The normalized spacial score (nSPS) is 21.4. The van der Waals surface area contributed by atoms with Gasteiger partial charge >= 0.3 is 5.97 Å². The summed E-state index contributed by atoms with van der Waals surface area (Å²) in [5.74, 6) is -0.357. The number of rotatable bonds is 35. The molecule has 0 aromatic carbocycles. The summed E-state index contributed by atoms with van der Waals surface area (Å²) >= 11 is 0. The van der Waals surface area contributed by atoms with Gasteiger partial charge in [0.2, 0.25) is 0 Å². The van der Waals surface area contributed by atoms with E-state index in [9.17, 15) is 25.2 Å². The van der Waals surface area contributed by atoms with Gasteiger partial charge < -0.3 is 39.4 Å². The van der Waals surface area contributed by atoms with Crippen molar-refractivity contribution < 1.29 is 44.2 Å². The molecule has 1 saturated heterocycles. The van der Waals surface area contributed by atoms with Crippen molar-refractivity contribution >= 4 is 5.97 Å². The standard InChI is InChI=1S/C49H78O9/c1-3-5-7-9-11-13-15-17-19-20-21-22-23-24-25-26-28-30-32-34-36-38-45(51)57-43(42-56-49-48(54)47(53)46(52)44(40-50)58-49)41-55-39-37-35-33-31-29-27-18-16-14-12-10-8-6-4-2/h5-8,11-14,17-19,21-22,24-25,27,31,33,43-44,46-50,52-54H,3-4,9-10,15-16,20,23,26,28-30,32,34-42H2,1-2H3/b7-5-,8-6-,13-11-,14-12-,19-17-,22-21-,25-24-,27-18-,33-31-. The van der Waals surface area contributed by atoms with Gasteiger partial charge in [-0.15, -0.1) is 0 Å². The summed E-state index contributed by atoms with van der Waals surface area (Å²) in [5, 5.41) is 40.1. The molecule has 1 rings (SSSR count). The second-order valence-electron chi connectivity index (χ2n) is 14.4. The van der Waals surface area contributed by atoms with Crippen LogP contribution in [0.5, 0.6) is 0 Å². The van der Waals surface area contributed by atoms with E-state index < -0.39 is 43.4 Å². The minimum atomic E-state index is -1.56. The van der Waals surface area contributed by atoms with Crippen LogP contribution >= 0.6 is 0 Å². The Balaban J connectivity index is 2.33. The van der Waals surface area contributed by atoms with Gasteiger partial charge in [-0.25, -0.2) is 0 Å². The third-order valence-electron chi connectivity index (χ3n) is 9.18. The van der Waals surface area contributed by atoms with Crippen LogP contribution in [0.2, 0.25) is 0 Å². The van der Waals surface area contributed by atoms with Crippen LogP contribution < -0.4 is 0 Å². The van der Waals surface area contributed by atoms with Crippen LogP contribution in [0.4, 0.5) is 0 Å². The zero-order valence-electron chi connectivity index (χ0n) is 35.7. The molecule has 328 valence electrons. The average molecular weight is 811 g/mol. The highest BCUT2D eigenvalue weighted by Crippen LogP contribution is 2.22. The molecule has 4 N–H and O–H groups in total. The van der Waals surface area contributed by atoms with Crippen molar-refractivity contribution in [1.29, 1.82) is 0 Å². The number of hydrogen-bond acceptors (Lipinski definition) is 9. The first-order valence-electron chi connectivity index (χ1n) is 22.0. The maximum absolute atomic E-state index is 12.8. The van der Waals surface area contributed by atoms with E-state index in [4.69, 9.17) is 18.9 Å². The van der Waals surface area contributed by atoms with Crippen molar-refractivity contribution in [2.24, 2.45) is 0 Å². The number of carbonyl (C=O) groups excluding carboxylic acids is 1. The van der Waals surface area contributed by atoms with Crippen LogP contribution in [0, 0.1) is 0 Å². The van der Waals surface area contributed by atoms with Crippen LogP contribution in [-0.2, 0) is 23.7 Å². The van der Waals surface area contributed by atoms with Crippen molar-refractivity contribution in [3.8, 4) is 0 Å². The number of ether oxygens (including phenoxy) is 4. The van der Waals surface area contributed by atoms with Crippen LogP contribution in [0.25, 0.3) is 0 Å². The molecular formula is C49H78O9. The van der Waals surface area contributed by atoms with Gasteiger partial charge in [-0.1, -0.05) is 142 Å². The Labute approximate surface area is 351 Å². The van der Waals surface area contributed by atoms with Crippen LogP contribution in [0.1, 0.15) is 129 Å². The van der Waals surface area contributed by atoms with Gasteiger partial charge in [-0.2, -0.15) is 0 Å². The minimum absolute atomic E-state index is 0.0904. The number of hydrogen-bond donors (Lipinski definition) is 4. The third kappa shape index (κ3) is 30.0. The predicted octanol–water partition coefficient (Wildman–Crippen LogP) is 9.80. The molecule has 0 amide bonds. The SMILES string of the molecule is CC/C=C\C/C=C\C/C=C\C/C=C\C/C=C\CCCCCCCC(=O)OC(COCCC/C=C\C/C=C\C/C=C\C/C=C\CC)COC1OC(CO)C(O)C(O)C1O. The molecule has 0 spiro atoms. The maximum atomic E-state index is 12.8. The first-order valence-corrected chi connectivity index (χ1v) is 22.0. The molecule has 58 heavy (non-hydrogen) atoms. The molecule has 9 heteroatoms. The number of aliphatic hydroxyl groups is 4. The van der Waals surface area contributed by atoms with Crippen molar-refractivity contribution in [3.63, 3.8) is 0 Å². The van der Waals surface area contributed by atoms with E-state index in [1.54, 1.807) is 0 Å². The number of aliphatic hydroxyl groups excluding tert-OH is 4. The lowest BCUT2D eigenvalue weighted by Crippen LogP contribution is -2.59. The molecule has 0 aliphatic carbocycles. The van der Waals surface area contributed by atoms with E-state index in [2.05, 4.69) is 123 Å². The fourth-order valence-corrected chi connectivity index (χ4v) is 5.81. The van der Waals surface area contributed by atoms with Crippen molar-refractivity contribution in [2.45, 2.75) is 166 Å². The Kier molecular flexibility index (Phi) is 35.8. The van der Waals surface area contributed by atoms with E-state index in [1.807, 2.05) is 0 Å². The zero-order valence-corrected chi connectivity index (χ0v) is 35.7. The summed E-state index contributed by atoms with van der Waals surface area (Å²) in [7, 11) is 0. The molecule has 1 heterocycles. The van der Waals surface area contributed by atoms with Gasteiger partial charge in [0.25, 0.3) is 0 Å². The highest BCUT2D eigenvalue weighted by Gasteiger charge is 2.44. The molecule has 6 atom stereocenters. The van der Waals surface area contributed by atoms with Crippen molar-refractivity contribution in [2.75, 3.05) is 26.4 Å². The lowest BCUT2D eigenvalue weighted by Gasteiger charge is -2.39. The van der Waals surface area contributed by atoms with Gasteiger partial charge in [0, 0.05) is 13.0 Å². The van der Waals surface area contributed by atoms with Gasteiger partial charge in [-0.05, 0) is 89.9 Å². The number of carbonyl (C=O) groups is 1. The summed E-state index contributed by atoms with van der Waals surface area (Å²) in [5.41, 5.74) is 0. The molecule has 9 nitrogen and oxygen atoms in total. The Bertz CT molecular complexity index is 1240. The second-order valence-corrected chi connectivity index (χ2v) is 14.4. The molecule has 1 aliphatic rings. The minimum Gasteiger partial charge on any atom is -0.457 e. The van der Waals surface area contributed by atoms with Gasteiger partial charge in [0.15, 0.2) is 6.29 Å². The molecule has 0 radical (unpaired) electrons. The van der Waals surface area contributed by atoms with Crippen molar-refractivity contribution in [3.05, 3.63) is 109 Å². The van der Waals surface area contributed by atoms with Crippen molar-refractivity contribution in [1.82, 2.24) is 0 Å². The molecule has 1 aliphatic heterocycles. The van der Waals surface area contributed by atoms with E-state index in [0.29, 0.717) is 6.61 Å². The highest BCUT2D eigenvalue weighted by atomic mass is 16.7. The molecular weight excluding hydrogens is 733 g/mol. The zero-order chi connectivity index (χ0) is 42.2. The van der Waals surface area contributed by atoms with E-state index >= 15 is 0 Å². The van der Waals surface area contributed by atoms with Crippen LogP contribution in [-0.4, -0.2) is 89.6 Å². The molecule has 6 unspecified atom stereocenters. The molecule has 0 aromatic heterocycles. The monoisotopic (exact) mass is 811 g/mol. The first kappa shape index (κ1) is 52.9. The largest absolute Gasteiger partial charge is 0.457 e. The highest BCUT2D eigenvalue weighted by molar-refractivity contribution is 5.69.